The van der Waals surface area contributed by atoms with E-state index < -0.39 is 0 Å². The summed E-state index contributed by atoms with van der Waals surface area (Å²) in [6.07, 6.45) is 1.74. The molecule has 0 aromatic carbocycles. The molecule has 3 nitrogen and oxygen atoms in total. The second-order valence-electron chi connectivity index (χ2n) is 2.85. The summed E-state index contributed by atoms with van der Waals surface area (Å²) >= 11 is 5.70. The lowest BCUT2D eigenvalue weighted by Gasteiger charge is -2.29. The number of anilines is 1. The molecule has 13 heavy (non-hydrogen) atoms. The first-order chi connectivity index (χ1) is 6.42. The third-order valence-electron chi connectivity index (χ3n) is 2.05. The molecule has 0 aliphatic carbocycles. The number of aromatic nitrogens is 1. The van der Waals surface area contributed by atoms with Gasteiger partial charge < -0.3 is 9.64 Å². The van der Waals surface area contributed by atoms with Gasteiger partial charge in [0.25, 0.3) is 0 Å². The van der Waals surface area contributed by atoms with Crippen molar-refractivity contribution in [3.63, 3.8) is 0 Å². The van der Waals surface area contributed by atoms with Crippen LogP contribution < -0.4 is 9.64 Å². The van der Waals surface area contributed by atoms with E-state index in [-0.39, 0.29) is 0 Å². The molecule has 0 amide bonds. The zero-order chi connectivity index (χ0) is 9.10. The van der Waals surface area contributed by atoms with Crippen molar-refractivity contribution in [3.8, 4) is 5.88 Å². The van der Waals surface area contributed by atoms with Crippen molar-refractivity contribution in [3.05, 3.63) is 18.3 Å². The van der Waals surface area contributed by atoms with Crippen LogP contribution in [0.1, 0.15) is 0 Å². The average Bonchev–Trinajstić information content (AvgIpc) is 2.19. The highest BCUT2D eigenvalue weighted by Gasteiger charge is 2.17. The number of pyridine rings is 1. The zero-order valence-corrected chi connectivity index (χ0v) is 8.00. The molecule has 0 radical (unpaired) electrons. The van der Waals surface area contributed by atoms with Gasteiger partial charge in [-0.1, -0.05) is 0 Å². The predicted octanol–water partition coefficient (Wildman–Crippen LogP) is 1.52. The minimum absolute atomic E-state index is 0.633. The molecular weight excluding hydrogens is 188 g/mol. The highest BCUT2D eigenvalue weighted by atomic mass is 35.5. The van der Waals surface area contributed by atoms with Crippen LogP contribution in [0.5, 0.6) is 5.88 Å². The van der Waals surface area contributed by atoms with Gasteiger partial charge in [-0.15, -0.1) is 11.6 Å². The molecule has 0 saturated heterocycles. The van der Waals surface area contributed by atoms with Crippen LogP contribution in [0.15, 0.2) is 18.3 Å². The number of nitrogens with zero attached hydrogens (tertiary/aromatic N) is 2. The molecule has 0 N–H and O–H groups in total. The summed E-state index contributed by atoms with van der Waals surface area (Å²) in [5.41, 5.74) is 1.05. The summed E-state index contributed by atoms with van der Waals surface area (Å²) in [7, 11) is 0. The van der Waals surface area contributed by atoms with Crippen molar-refractivity contribution in [1.82, 2.24) is 4.98 Å². The van der Waals surface area contributed by atoms with Crippen LogP contribution in [-0.4, -0.2) is 30.6 Å². The van der Waals surface area contributed by atoms with Crippen LogP contribution in [0, 0.1) is 0 Å². The fourth-order valence-corrected chi connectivity index (χ4v) is 1.65. The Morgan fingerprint density at radius 1 is 1.62 bits per heavy atom. The minimum atomic E-state index is 0.633. The maximum absolute atomic E-state index is 5.70. The first-order valence-corrected chi connectivity index (χ1v) is 4.84. The van der Waals surface area contributed by atoms with Gasteiger partial charge in [0.05, 0.1) is 6.54 Å². The van der Waals surface area contributed by atoms with Gasteiger partial charge in [0.1, 0.15) is 12.3 Å². The summed E-state index contributed by atoms with van der Waals surface area (Å²) in [6.45, 7) is 2.44. The van der Waals surface area contributed by atoms with Gasteiger partial charge in [0.2, 0.25) is 5.88 Å². The number of fused-ring (bicyclic) bond motifs is 1. The van der Waals surface area contributed by atoms with E-state index in [0.717, 1.165) is 24.7 Å². The number of halogens is 1. The Hall–Kier alpha value is -0.960. The normalized spacial score (nSPS) is 15.0. The topological polar surface area (TPSA) is 25.4 Å². The lowest BCUT2D eigenvalue weighted by molar-refractivity contribution is 0.296. The smallest absolute Gasteiger partial charge is 0.237 e. The highest BCUT2D eigenvalue weighted by Crippen LogP contribution is 2.27. The molecule has 2 heterocycles. The van der Waals surface area contributed by atoms with Gasteiger partial charge in [-0.05, 0) is 12.1 Å². The number of ether oxygens (including phenoxy) is 1. The van der Waals surface area contributed by atoms with Gasteiger partial charge >= 0.3 is 0 Å². The molecule has 1 aliphatic rings. The summed E-state index contributed by atoms with van der Waals surface area (Å²) in [5, 5.41) is 0. The highest BCUT2D eigenvalue weighted by molar-refractivity contribution is 6.18. The summed E-state index contributed by atoms with van der Waals surface area (Å²) in [5.74, 6) is 1.35. The molecule has 1 aliphatic heterocycles. The largest absolute Gasteiger partial charge is 0.474 e. The van der Waals surface area contributed by atoms with Gasteiger partial charge in [-0.3, -0.25) is 0 Å². The minimum Gasteiger partial charge on any atom is -0.474 e. The molecule has 0 atom stereocenters. The summed E-state index contributed by atoms with van der Waals surface area (Å²) in [6, 6.07) is 3.92. The van der Waals surface area contributed by atoms with Crippen LogP contribution in [0.2, 0.25) is 0 Å². The first kappa shape index (κ1) is 8.63. The molecule has 70 valence electrons. The van der Waals surface area contributed by atoms with Crippen molar-refractivity contribution in [2.45, 2.75) is 0 Å². The molecule has 0 bridgehead atoms. The Labute approximate surface area is 82.3 Å². The molecule has 0 saturated carbocycles. The van der Waals surface area contributed by atoms with Crippen LogP contribution in [0.25, 0.3) is 0 Å². The molecule has 0 spiro atoms. The molecule has 2 rings (SSSR count). The average molecular weight is 199 g/mol. The first-order valence-electron chi connectivity index (χ1n) is 4.30. The van der Waals surface area contributed by atoms with Crippen LogP contribution >= 0.6 is 11.6 Å². The van der Waals surface area contributed by atoms with Crippen molar-refractivity contribution >= 4 is 17.3 Å². The summed E-state index contributed by atoms with van der Waals surface area (Å²) in [4.78, 5) is 6.34. The van der Waals surface area contributed by atoms with Gasteiger partial charge in [-0.2, -0.15) is 0 Å². The number of hydrogen-bond donors (Lipinski definition) is 0. The summed E-state index contributed by atoms with van der Waals surface area (Å²) < 4.78 is 5.40. The molecular formula is C9H11ClN2O. The fourth-order valence-electron chi connectivity index (χ4n) is 1.44. The number of rotatable bonds is 2. The van der Waals surface area contributed by atoms with E-state index in [1.54, 1.807) is 6.20 Å². The van der Waals surface area contributed by atoms with Crippen LogP contribution in [0.4, 0.5) is 5.69 Å². The molecule has 1 aromatic rings. The van der Waals surface area contributed by atoms with Crippen molar-refractivity contribution < 1.29 is 4.74 Å². The van der Waals surface area contributed by atoms with Crippen molar-refractivity contribution in [2.24, 2.45) is 0 Å². The third kappa shape index (κ3) is 1.70. The van der Waals surface area contributed by atoms with Crippen LogP contribution in [0.3, 0.4) is 0 Å². The van der Waals surface area contributed by atoms with E-state index in [4.69, 9.17) is 16.3 Å². The van der Waals surface area contributed by atoms with Gasteiger partial charge in [-0.25, -0.2) is 4.98 Å². The molecule has 0 fully saturated rings. The van der Waals surface area contributed by atoms with Crippen molar-refractivity contribution in [2.75, 3.05) is 30.5 Å². The van der Waals surface area contributed by atoms with Gasteiger partial charge in [0, 0.05) is 18.6 Å². The monoisotopic (exact) mass is 198 g/mol. The third-order valence-corrected chi connectivity index (χ3v) is 2.22. The van der Waals surface area contributed by atoms with Gasteiger partial charge in [0.15, 0.2) is 0 Å². The SMILES string of the molecule is ClCCN1CCOc2ncccc21. The maximum Gasteiger partial charge on any atom is 0.237 e. The molecule has 4 heteroatoms. The quantitative estimate of drug-likeness (QED) is 0.674. The lowest BCUT2D eigenvalue weighted by Crippen LogP contribution is -2.34. The Balaban J connectivity index is 2.26. The van der Waals surface area contributed by atoms with E-state index in [2.05, 4.69) is 9.88 Å². The second-order valence-corrected chi connectivity index (χ2v) is 3.23. The molecule has 1 aromatic heterocycles. The van der Waals surface area contributed by atoms with E-state index >= 15 is 0 Å². The number of alkyl halides is 1. The van der Waals surface area contributed by atoms with E-state index in [0.29, 0.717) is 12.5 Å². The van der Waals surface area contributed by atoms with Crippen molar-refractivity contribution in [1.29, 1.82) is 0 Å². The lowest BCUT2D eigenvalue weighted by atomic mass is 10.3. The Morgan fingerprint density at radius 2 is 2.54 bits per heavy atom. The zero-order valence-electron chi connectivity index (χ0n) is 7.24. The Bertz CT molecular complexity index is 293. The Kier molecular flexibility index (Phi) is 2.54. The molecule has 0 unspecified atom stereocenters. The van der Waals surface area contributed by atoms with E-state index in [1.807, 2.05) is 12.1 Å². The maximum atomic E-state index is 5.70. The van der Waals surface area contributed by atoms with Crippen LogP contribution in [-0.2, 0) is 0 Å². The standard InChI is InChI=1S/C9H11ClN2O/c10-3-5-12-6-7-13-9-8(12)2-1-4-11-9/h1-2,4H,3,5-7H2. The number of hydrogen-bond acceptors (Lipinski definition) is 3. The van der Waals surface area contributed by atoms with E-state index in [9.17, 15) is 0 Å². The Morgan fingerprint density at radius 3 is 3.38 bits per heavy atom. The second kappa shape index (κ2) is 3.83. The predicted molar refractivity (Wildman–Crippen MR) is 52.7 cm³/mol. The van der Waals surface area contributed by atoms with E-state index in [1.165, 1.54) is 0 Å². The fraction of sp³-hybridized carbons (Fsp3) is 0.444.